The van der Waals surface area contributed by atoms with Crippen molar-refractivity contribution in [2.75, 3.05) is 5.43 Å². The van der Waals surface area contributed by atoms with E-state index in [1.807, 2.05) is 0 Å². The summed E-state index contributed by atoms with van der Waals surface area (Å²) < 4.78 is 6.62. The fourth-order valence-electron chi connectivity index (χ4n) is 3.54. The lowest BCUT2D eigenvalue weighted by molar-refractivity contribution is -0.384. The van der Waals surface area contributed by atoms with Gasteiger partial charge in [0.1, 0.15) is 11.1 Å². The van der Waals surface area contributed by atoms with Crippen molar-refractivity contribution in [2.24, 2.45) is 5.10 Å². The number of hydrogen-bond donors (Lipinski definition) is 1. The lowest BCUT2D eigenvalue weighted by atomic mass is 10.2. The van der Waals surface area contributed by atoms with Crippen LogP contribution in [0.15, 0.2) is 93.2 Å². The molecule has 172 valence electrons. The lowest BCUT2D eigenvalue weighted by Gasteiger charge is -2.07. The zero-order valence-electron chi connectivity index (χ0n) is 17.7. The van der Waals surface area contributed by atoms with Crippen molar-refractivity contribution < 1.29 is 14.1 Å². The molecule has 10 nitrogen and oxygen atoms in total. The van der Waals surface area contributed by atoms with Gasteiger partial charge in [-0.15, -0.1) is 0 Å². The van der Waals surface area contributed by atoms with Crippen LogP contribution in [-0.4, -0.2) is 25.6 Å². The van der Waals surface area contributed by atoms with Gasteiger partial charge in [-0.1, -0.05) is 41.9 Å². The van der Waals surface area contributed by atoms with Crippen LogP contribution in [0.4, 0.5) is 11.4 Å². The first-order valence-corrected chi connectivity index (χ1v) is 10.6. The maximum Gasteiger partial charge on any atom is 0.347 e. The third kappa shape index (κ3) is 4.13. The van der Waals surface area contributed by atoms with E-state index in [0.29, 0.717) is 27.7 Å². The highest BCUT2D eigenvalue weighted by Crippen LogP contribution is 2.26. The summed E-state index contributed by atoms with van der Waals surface area (Å²) in [6.45, 7) is 0. The quantitative estimate of drug-likeness (QED) is 0.159. The highest BCUT2D eigenvalue weighted by atomic mass is 35.5. The Morgan fingerprint density at radius 1 is 1.06 bits per heavy atom. The van der Waals surface area contributed by atoms with Gasteiger partial charge in [0.05, 0.1) is 21.6 Å². The standard InChI is InChI=1S/C24H14ClN5O5/c25-21(28-27-15-9-11-16(12-10-15)30(33)34)23(31)29-19-7-3-2-6-18(19)26-22(29)17-13-14-5-1-4-8-20(14)35-24(17)32/h1-13,27H/b28-21-. The Balaban J connectivity index is 1.57. The molecule has 0 fully saturated rings. The number of benzene rings is 3. The first-order chi connectivity index (χ1) is 16.9. The number of nitrogens with zero attached hydrogens (tertiary/aromatic N) is 4. The van der Waals surface area contributed by atoms with Crippen LogP contribution in [0.2, 0.25) is 0 Å². The number of non-ortho nitro benzene ring substituents is 1. The monoisotopic (exact) mass is 487 g/mol. The van der Waals surface area contributed by atoms with Crippen LogP contribution < -0.4 is 11.1 Å². The van der Waals surface area contributed by atoms with Crippen molar-refractivity contribution in [3.63, 3.8) is 0 Å². The molecule has 0 aliphatic heterocycles. The third-order valence-electron chi connectivity index (χ3n) is 5.18. The molecular formula is C24H14ClN5O5. The maximum absolute atomic E-state index is 13.4. The molecule has 2 heterocycles. The number of halogens is 1. The Labute approximate surface area is 201 Å². The number of rotatable bonds is 5. The summed E-state index contributed by atoms with van der Waals surface area (Å²) >= 11 is 6.23. The Bertz CT molecular complexity index is 1710. The number of fused-ring (bicyclic) bond motifs is 2. The molecule has 0 saturated carbocycles. The number of carbonyl (C=O) groups is 1. The van der Waals surface area contributed by atoms with Crippen molar-refractivity contribution in [3.8, 4) is 11.4 Å². The van der Waals surface area contributed by atoms with Crippen LogP contribution in [0.1, 0.15) is 4.79 Å². The van der Waals surface area contributed by atoms with E-state index in [4.69, 9.17) is 16.0 Å². The fraction of sp³-hybridized carbons (Fsp3) is 0. The van der Waals surface area contributed by atoms with Crippen LogP contribution >= 0.6 is 11.6 Å². The van der Waals surface area contributed by atoms with Gasteiger partial charge in [-0.3, -0.25) is 24.9 Å². The summed E-state index contributed by atoms with van der Waals surface area (Å²) in [4.78, 5) is 40.9. The van der Waals surface area contributed by atoms with E-state index >= 15 is 0 Å². The maximum atomic E-state index is 13.4. The molecule has 11 heteroatoms. The smallest absolute Gasteiger partial charge is 0.347 e. The fourth-order valence-corrected chi connectivity index (χ4v) is 3.67. The van der Waals surface area contributed by atoms with Crippen LogP contribution in [0.3, 0.4) is 0 Å². The van der Waals surface area contributed by atoms with E-state index < -0.39 is 21.6 Å². The van der Waals surface area contributed by atoms with Gasteiger partial charge in [-0.25, -0.2) is 9.78 Å². The van der Waals surface area contributed by atoms with Crippen molar-refractivity contribution >= 4 is 56.1 Å². The second-order valence-electron chi connectivity index (χ2n) is 7.37. The lowest BCUT2D eigenvalue weighted by Crippen LogP contribution is -2.21. The second kappa shape index (κ2) is 8.84. The number of nitrogens with one attached hydrogen (secondary N) is 1. The van der Waals surface area contributed by atoms with Gasteiger partial charge in [-0.05, 0) is 36.4 Å². The number of hydrogen-bond acceptors (Lipinski definition) is 8. The number of hydrazone groups is 1. The second-order valence-corrected chi connectivity index (χ2v) is 7.73. The normalized spacial score (nSPS) is 11.6. The summed E-state index contributed by atoms with van der Waals surface area (Å²) in [6, 6.07) is 20.9. The van der Waals surface area contributed by atoms with E-state index in [2.05, 4.69) is 15.5 Å². The van der Waals surface area contributed by atoms with Gasteiger partial charge in [0.2, 0.25) is 5.17 Å². The number of anilines is 1. The van der Waals surface area contributed by atoms with E-state index in [9.17, 15) is 19.7 Å². The predicted molar refractivity (Wildman–Crippen MR) is 132 cm³/mol. The Morgan fingerprint density at radius 3 is 2.54 bits per heavy atom. The van der Waals surface area contributed by atoms with Gasteiger partial charge >= 0.3 is 5.63 Å². The molecule has 0 radical (unpaired) electrons. The molecule has 0 saturated heterocycles. The summed E-state index contributed by atoms with van der Waals surface area (Å²) in [7, 11) is 0. The number of para-hydroxylation sites is 3. The number of nitro groups is 1. The summed E-state index contributed by atoms with van der Waals surface area (Å²) in [5.74, 6) is -0.684. The topological polar surface area (TPSA) is 133 Å². The molecule has 0 spiro atoms. The minimum Gasteiger partial charge on any atom is -0.422 e. The highest BCUT2D eigenvalue weighted by Gasteiger charge is 2.24. The average Bonchev–Trinajstić information content (AvgIpc) is 3.25. The SMILES string of the molecule is O=C(/C(Cl)=N/Nc1ccc([N+](=O)[O-])cc1)n1c(-c2cc3ccccc3oc2=O)nc2ccccc21. The summed E-state index contributed by atoms with van der Waals surface area (Å²) in [5.41, 5.74) is 3.60. The zero-order chi connectivity index (χ0) is 24.5. The first kappa shape index (κ1) is 22.0. The van der Waals surface area contributed by atoms with Crippen molar-refractivity contribution in [2.45, 2.75) is 0 Å². The van der Waals surface area contributed by atoms with E-state index in [0.717, 1.165) is 0 Å². The molecule has 1 N–H and O–H groups in total. The Hall–Kier alpha value is -4.83. The molecule has 5 aromatic rings. The molecule has 0 atom stereocenters. The van der Waals surface area contributed by atoms with Gasteiger partial charge in [-0.2, -0.15) is 5.10 Å². The van der Waals surface area contributed by atoms with Gasteiger partial charge in [0.15, 0.2) is 5.82 Å². The minimum absolute atomic E-state index is 0.0550. The van der Waals surface area contributed by atoms with Crippen LogP contribution in [-0.2, 0) is 0 Å². The van der Waals surface area contributed by atoms with Gasteiger partial charge in [0.25, 0.3) is 11.6 Å². The molecule has 2 aromatic heterocycles. The molecule has 35 heavy (non-hydrogen) atoms. The molecule has 0 bridgehead atoms. The average molecular weight is 488 g/mol. The minimum atomic E-state index is -0.739. The molecule has 0 aliphatic carbocycles. The van der Waals surface area contributed by atoms with Crippen molar-refractivity contribution in [1.29, 1.82) is 0 Å². The Kier molecular flexibility index (Phi) is 5.55. The number of imidazole rings is 1. The number of carbonyl (C=O) groups excluding carboxylic acids is 1. The Morgan fingerprint density at radius 2 is 1.77 bits per heavy atom. The van der Waals surface area contributed by atoms with Crippen LogP contribution in [0, 0.1) is 10.1 Å². The highest BCUT2D eigenvalue weighted by molar-refractivity contribution is 6.83. The summed E-state index contributed by atoms with van der Waals surface area (Å²) in [5, 5.41) is 14.9. The predicted octanol–water partition coefficient (Wildman–Crippen LogP) is 5.02. The van der Waals surface area contributed by atoms with Crippen LogP contribution in [0.25, 0.3) is 33.4 Å². The van der Waals surface area contributed by atoms with Crippen molar-refractivity contribution in [3.05, 3.63) is 99.4 Å². The molecule has 0 unspecified atom stereocenters. The van der Waals surface area contributed by atoms with Gasteiger partial charge < -0.3 is 4.42 Å². The number of nitro benzene ring substituents is 1. The summed E-state index contributed by atoms with van der Waals surface area (Å²) in [6.07, 6.45) is 0. The molecular weight excluding hydrogens is 474 g/mol. The van der Waals surface area contributed by atoms with Crippen molar-refractivity contribution in [1.82, 2.24) is 9.55 Å². The molecule has 3 aromatic carbocycles. The molecule has 5 rings (SSSR count). The van der Waals surface area contributed by atoms with E-state index in [1.165, 1.54) is 28.8 Å². The van der Waals surface area contributed by atoms with E-state index in [-0.39, 0.29) is 17.1 Å². The van der Waals surface area contributed by atoms with Crippen LogP contribution in [0.5, 0.6) is 0 Å². The first-order valence-electron chi connectivity index (χ1n) is 10.2. The largest absolute Gasteiger partial charge is 0.422 e. The van der Waals surface area contributed by atoms with E-state index in [1.54, 1.807) is 54.6 Å². The molecule has 0 aliphatic rings. The third-order valence-corrected chi connectivity index (χ3v) is 5.43. The molecule has 0 amide bonds. The zero-order valence-corrected chi connectivity index (χ0v) is 18.5. The number of aromatic nitrogens is 2. The van der Waals surface area contributed by atoms with Gasteiger partial charge in [0, 0.05) is 17.5 Å².